The van der Waals surface area contributed by atoms with Crippen molar-refractivity contribution in [2.75, 3.05) is 7.05 Å². The SMILES string of the molecule is CCC1CC(CC)C2C(C1)C(C)(C)ON2C. The molecule has 2 aliphatic rings. The van der Waals surface area contributed by atoms with E-state index in [1.807, 2.05) is 0 Å². The first-order valence-corrected chi connectivity index (χ1v) is 6.91. The van der Waals surface area contributed by atoms with Crippen LogP contribution in [-0.4, -0.2) is 23.8 Å². The molecule has 2 fully saturated rings. The molecule has 4 unspecified atom stereocenters. The number of nitrogens with zero attached hydrogens (tertiary/aromatic N) is 1. The number of fused-ring (bicyclic) bond motifs is 1. The molecule has 1 saturated heterocycles. The van der Waals surface area contributed by atoms with Gasteiger partial charge in [-0.05, 0) is 38.5 Å². The van der Waals surface area contributed by atoms with Crippen molar-refractivity contribution in [3.63, 3.8) is 0 Å². The van der Waals surface area contributed by atoms with Crippen LogP contribution in [0.25, 0.3) is 0 Å². The Bertz CT molecular complexity index is 251. The van der Waals surface area contributed by atoms with Crippen LogP contribution in [0.4, 0.5) is 0 Å². The fourth-order valence-electron chi connectivity index (χ4n) is 3.98. The van der Waals surface area contributed by atoms with E-state index in [0.29, 0.717) is 6.04 Å². The molecule has 2 heteroatoms. The normalized spacial score (nSPS) is 43.3. The first-order valence-electron chi connectivity index (χ1n) is 6.91. The van der Waals surface area contributed by atoms with Crippen LogP contribution in [-0.2, 0) is 4.84 Å². The molecule has 0 aromatic heterocycles. The zero-order valence-corrected chi connectivity index (χ0v) is 11.5. The largest absolute Gasteiger partial charge is 0.293 e. The topological polar surface area (TPSA) is 12.5 Å². The summed E-state index contributed by atoms with van der Waals surface area (Å²) in [6.45, 7) is 9.20. The van der Waals surface area contributed by atoms with Gasteiger partial charge >= 0.3 is 0 Å². The predicted octanol–water partition coefficient (Wildman–Crippen LogP) is 3.47. The van der Waals surface area contributed by atoms with Gasteiger partial charge in [0.05, 0.1) is 5.60 Å². The molecular formula is C14H27NO. The van der Waals surface area contributed by atoms with E-state index >= 15 is 0 Å². The lowest BCUT2D eigenvalue weighted by Crippen LogP contribution is -2.44. The average molecular weight is 225 g/mol. The van der Waals surface area contributed by atoms with E-state index in [-0.39, 0.29) is 5.60 Å². The van der Waals surface area contributed by atoms with Crippen molar-refractivity contribution < 1.29 is 4.84 Å². The Morgan fingerprint density at radius 2 is 1.88 bits per heavy atom. The van der Waals surface area contributed by atoms with Gasteiger partial charge < -0.3 is 0 Å². The van der Waals surface area contributed by atoms with Gasteiger partial charge in [-0.2, -0.15) is 5.06 Å². The summed E-state index contributed by atoms with van der Waals surface area (Å²) < 4.78 is 0. The summed E-state index contributed by atoms with van der Waals surface area (Å²) in [5, 5.41) is 2.16. The second-order valence-electron chi connectivity index (χ2n) is 6.25. The fourth-order valence-corrected chi connectivity index (χ4v) is 3.98. The van der Waals surface area contributed by atoms with Crippen molar-refractivity contribution in [1.82, 2.24) is 5.06 Å². The van der Waals surface area contributed by atoms with Gasteiger partial charge in [-0.25, -0.2) is 0 Å². The van der Waals surface area contributed by atoms with Gasteiger partial charge in [0.15, 0.2) is 0 Å². The highest BCUT2D eigenvalue weighted by atomic mass is 16.7. The van der Waals surface area contributed by atoms with E-state index in [4.69, 9.17) is 4.84 Å². The Balaban J connectivity index is 2.21. The highest BCUT2D eigenvalue weighted by molar-refractivity contribution is 5.00. The molecule has 0 amide bonds. The van der Waals surface area contributed by atoms with Gasteiger partial charge in [-0.3, -0.25) is 4.84 Å². The second-order valence-corrected chi connectivity index (χ2v) is 6.25. The Hall–Kier alpha value is -0.0800. The van der Waals surface area contributed by atoms with E-state index in [0.717, 1.165) is 17.8 Å². The molecular weight excluding hydrogens is 198 g/mol. The standard InChI is InChI=1S/C14H27NO/c1-6-10-8-11(7-2)13-12(9-10)14(3,4)16-15(13)5/h10-13H,6-9H2,1-5H3. The summed E-state index contributed by atoms with van der Waals surface area (Å²) in [5.74, 6) is 2.47. The molecule has 1 saturated carbocycles. The highest BCUT2D eigenvalue weighted by Gasteiger charge is 2.52. The molecule has 94 valence electrons. The highest BCUT2D eigenvalue weighted by Crippen LogP contribution is 2.49. The molecule has 1 aliphatic heterocycles. The third-order valence-electron chi connectivity index (χ3n) is 4.91. The third kappa shape index (κ3) is 1.91. The molecule has 0 radical (unpaired) electrons. The van der Waals surface area contributed by atoms with E-state index in [2.05, 4.69) is 39.8 Å². The molecule has 1 aliphatic carbocycles. The van der Waals surface area contributed by atoms with E-state index in [1.54, 1.807) is 0 Å². The van der Waals surface area contributed by atoms with Crippen LogP contribution in [0, 0.1) is 17.8 Å². The molecule has 0 aromatic rings. The van der Waals surface area contributed by atoms with Gasteiger partial charge in [-0.15, -0.1) is 0 Å². The van der Waals surface area contributed by atoms with Crippen molar-refractivity contribution in [2.24, 2.45) is 17.8 Å². The first-order chi connectivity index (χ1) is 7.49. The Kier molecular flexibility index (Phi) is 3.33. The molecule has 16 heavy (non-hydrogen) atoms. The van der Waals surface area contributed by atoms with Crippen LogP contribution in [0.3, 0.4) is 0 Å². The molecule has 2 nitrogen and oxygen atoms in total. The minimum Gasteiger partial charge on any atom is -0.293 e. The van der Waals surface area contributed by atoms with Crippen LogP contribution < -0.4 is 0 Å². The molecule has 0 N–H and O–H groups in total. The summed E-state index contributed by atoms with van der Waals surface area (Å²) in [5.41, 5.74) is 0.0423. The number of rotatable bonds is 2. The summed E-state index contributed by atoms with van der Waals surface area (Å²) in [4.78, 5) is 6.05. The smallest absolute Gasteiger partial charge is 0.0887 e. The predicted molar refractivity (Wildman–Crippen MR) is 67.0 cm³/mol. The van der Waals surface area contributed by atoms with Crippen molar-refractivity contribution >= 4 is 0 Å². The molecule has 0 spiro atoms. The molecule has 0 bridgehead atoms. The molecule has 4 atom stereocenters. The molecule has 1 heterocycles. The minimum atomic E-state index is 0.0423. The maximum absolute atomic E-state index is 6.05. The quantitative estimate of drug-likeness (QED) is 0.713. The van der Waals surface area contributed by atoms with Crippen LogP contribution in [0.2, 0.25) is 0 Å². The summed E-state index contributed by atoms with van der Waals surface area (Å²) in [6, 6.07) is 0.655. The maximum Gasteiger partial charge on any atom is 0.0887 e. The Morgan fingerprint density at radius 3 is 2.44 bits per heavy atom. The lowest BCUT2D eigenvalue weighted by Gasteiger charge is -2.41. The summed E-state index contributed by atoms with van der Waals surface area (Å²) in [6.07, 6.45) is 5.38. The van der Waals surface area contributed by atoms with Crippen LogP contribution in [0.1, 0.15) is 53.4 Å². The van der Waals surface area contributed by atoms with Gasteiger partial charge in [0.25, 0.3) is 0 Å². The van der Waals surface area contributed by atoms with Crippen LogP contribution in [0.15, 0.2) is 0 Å². The van der Waals surface area contributed by atoms with Crippen LogP contribution in [0.5, 0.6) is 0 Å². The second kappa shape index (κ2) is 4.30. The summed E-state index contributed by atoms with van der Waals surface area (Å²) >= 11 is 0. The van der Waals surface area contributed by atoms with Crippen LogP contribution >= 0.6 is 0 Å². The number of hydrogen-bond donors (Lipinski definition) is 0. The van der Waals surface area contributed by atoms with Gasteiger partial charge in [0, 0.05) is 19.0 Å². The van der Waals surface area contributed by atoms with E-state index in [1.165, 1.54) is 25.7 Å². The van der Waals surface area contributed by atoms with E-state index in [9.17, 15) is 0 Å². The third-order valence-corrected chi connectivity index (χ3v) is 4.91. The number of hydrogen-bond acceptors (Lipinski definition) is 2. The Morgan fingerprint density at radius 1 is 1.19 bits per heavy atom. The number of hydroxylamine groups is 2. The van der Waals surface area contributed by atoms with E-state index < -0.39 is 0 Å². The minimum absolute atomic E-state index is 0.0423. The maximum atomic E-state index is 6.05. The summed E-state index contributed by atoms with van der Waals surface area (Å²) in [7, 11) is 2.13. The van der Waals surface area contributed by atoms with Gasteiger partial charge in [0.2, 0.25) is 0 Å². The van der Waals surface area contributed by atoms with Gasteiger partial charge in [-0.1, -0.05) is 26.7 Å². The Labute approximate surface area is 100 Å². The van der Waals surface area contributed by atoms with Crippen molar-refractivity contribution in [1.29, 1.82) is 0 Å². The lowest BCUT2D eigenvalue weighted by atomic mass is 9.66. The van der Waals surface area contributed by atoms with Crippen molar-refractivity contribution in [3.05, 3.63) is 0 Å². The average Bonchev–Trinajstić information content (AvgIpc) is 2.48. The lowest BCUT2D eigenvalue weighted by molar-refractivity contribution is -0.182. The van der Waals surface area contributed by atoms with Crippen molar-refractivity contribution in [3.8, 4) is 0 Å². The zero-order valence-electron chi connectivity index (χ0n) is 11.5. The van der Waals surface area contributed by atoms with Gasteiger partial charge in [0.1, 0.15) is 0 Å². The monoisotopic (exact) mass is 225 g/mol. The molecule has 0 aromatic carbocycles. The first kappa shape index (κ1) is 12.4. The fraction of sp³-hybridized carbons (Fsp3) is 1.00. The van der Waals surface area contributed by atoms with Crippen molar-refractivity contribution in [2.45, 2.75) is 65.0 Å². The zero-order chi connectivity index (χ0) is 11.9. The molecule has 2 rings (SSSR count).